The van der Waals surface area contributed by atoms with Crippen LogP contribution in [0.4, 0.5) is 4.79 Å². The van der Waals surface area contributed by atoms with Crippen molar-refractivity contribution in [3.05, 3.63) is 59.7 Å². The van der Waals surface area contributed by atoms with E-state index in [9.17, 15) is 19.5 Å². The molecule has 2 amide bonds. The normalized spacial score (nSPS) is 17.2. The maximum atomic E-state index is 13.2. The van der Waals surface area contributed by atoms with E-state index in [2.05, 4.69) is 29.6 Å². The molecule has 8 heteroatoms. The number of fused-ring (bicyclic) bond motifs is 3. The van der Waals surface area contributed by atoms with Crippen LogP contribution in [0.1, 0.15) is 36.8 Å². The minimum Gasteiger partial charge on any atom is -0.480 e. The van der Waals surface area contributed by atoms with Crippen LogP contribution in [0.25, 0.3) is 11.1 Å². The van der Waals surface area contributed by atoms with E-state index in [0.29, 0.717) is 26.1 Å². The number of carboxylic acid groups (broad SMARTS) is 1. The average Bonchev–Trinajstić information content (AvgIpc) is 3.19. The van der Waals surface area contributed by atoms with Crippen molar-refractivity contribution in [3.8, 4) is 11.1 Å². The molecule has 2 aliphatic rings. The molecule has 0 aromatic heterocycles. The largest absolute Gasteiger partial charge is 0.480 e. The molecule has 4 rings (SSSR count). The highest BCUT2D eigenvalue weighted by Gasteiger charge is 2.44. The average molecular weight is 467 g/mol. The third kappa shape index (κ3) is 4.50. The molecule has 2 aromatic rings. The second-order valence-electron chi connectivity index (χ2n) is 9.00. The summed E-state index contributed by atoms with van der Waals surface area (Å²) in [6.45, 7) is 2.44. The molecule has 1 atom stereocenters. The van der Waals surface area contributed by atoms with Crippen LogP contribution in [0, 0.1) is 5.41 Å². The standard InChI is InChI=1S/C26H30N2O6/c1-17(23(29)30)28(2)24(31)26(11-13-33-14-12-26)16-27-25(32)34-15-22-20-9-5-3-7-18(20)19-8-4-6-10-21(19)22/h3-10,17,22H,11-16H2,1-2H3,(H,27,32)(H,29,30). The molecular weight excluding hydrogens is 436 g/mol. The minimum atomic E-state index is -1.08. The van der Waals surface area contributed by atoms with Crippen molar-refractivity contribution in [2.24, 2.45) is 5.41 Å². The third-order valence-corrected chi connectivity index (χ3v) is 7.08. The van der Waals surface area contributed by atoms with Gasteiger partial charge in [0.05, 0.1) is 5.41 Å². The van der Waals surface area contributed by atoms with E-state index in [1.807, 2.05) is 24.3 Å². The molecule has 1 heterocycles. The van der Waals surface area contributed by atoms with E-state index in [1.54, 1.807) is 0 Å². The molecular formula is C26H30N2O6. The highest BCUT2D eigenvalue weighted by molar-refractivity contribution is 5.88. The lowest BCUT2D eigenvalue weighted by Gasteiger charge is -2.39. The Morgan fingerprint density at radius 3 is 2.21 bits per heavy atom. The van der Waals surface area contributed by atoms with Crippen LogP contribution in [0.2, 0.25) is 0 Å². The van der Waals surface area contributed by atoms with Gasteiger partial charge in [0.1, 0.15) is 12.6 Å². The smallest absolute Gasteiger partial charge is 0.407 e. The quantitative estimate of drug-likeness (QED) is 0.649. The molecule has 0 bridgehead atoms. The number of benzene rings is 2. The number of nitrogens with zero attached hydrogens (tertiary/aromatic N) is 1. The van der Waals surface area contributed by atoms with E-state index in [1.165, 1.54) is 18.9 Å². The summed E-state index contributed by atoms with van der Waals surface area (Å²) >= 11 is 0. The second kappa shape index (κ2) is 9.85. The van der Waals surface area contributed by atoms with Gasteiger partial charge < -0.3 is 24.8 Å². The summed E-state index contributed by atoms with van der Waals surface area (Å²) in [5, 5.41) is 12.1. The van der Waals surface area contributed by atoms with Gasteiger partial charge in [-0.15, -0.1) is 0 Å². The molecule has 1 aliphatic carbocycles. The number of amides is 2. The highest BCUT2D eigenvalue weighted by atomic mass is 16.5. The van der Waals surface area contributed by atoms with Gasteiger partial charge in [0.2, 0.25) is 5.91 Å². The second-order valence-corrected chi connectivity index (χ2v) is 9.00. The van der Waals surface area contributed by atoms with E-state index < -0.39 is 23.5 Å². The van der Waals surface area contributed by atoms with Gasteiger partial charge in [-0.05, 0) is 42.0 Å². The number of hydrogen-bond donors (Lipinski definition) is 2. The first-order valence-corrected chi connectivity index (χ1v) is 11.5. The fourth-order valence-corrected chi connectivity index (χ4v) is 4.83. The Hall–Kier alpha value is -3.39. The number of carbonyl (C=O) groups is 3. The molecule has 34 heavy (non-hydrogen) atoms. The molecule has 0 spiro atoms. The van der Waals surface area contributed by atoms with E-state index >= 15 is 0 Å². The lowest BCUT2D eigenvalue weighted by molar-refractivity contribution is -0.156. The van der Waals surface area contributed by atoms with Crippen LogP contribution in [-0.2, 0) is 19.1 Å². The molecule has 8 nitrogen and oxygen atoms in total. The fraction of sp³-hybridized carbons (Fsp3) is 0.423. The first-order chi connectivity index (χ1) is 16.3. The lowest BCUT2D eigenvalue weighted by Crippen LogP contribution is -2.54. The van der Waals surface area contributed by atoms with Crippen molar-refractivity contribution in [1.82, 2.24) is 10.2 Å². The van der Waals surface area contributed by atoms with Crippen molar-refractivity contribution in [2.45, 2.75) is 31.7 Å². The number of hydrogen-bond acceptors (Lipinski definition) is 5. The predicted octanol–water partition coefficient (Wildman–Crippen LogP) is 3.25. The summed E-state index contributed by atoms with van der Waals surface area (Å²) in [5.41, 5.74) is 3.61. The topological polar surface area (TPSA) is 105 Å². The first kappa shape index (κ1) is 23.8. The summed E-state index contributed by atoms with van der Waals surface area (Å²) in [4.78, 5) is 38.5. The molecule has 0 saturated carbocycles. The van der Waals surface area contributed by atoms with Gasteiger partial charge in [0.15, 0.2) is 0 Å². The third-order valence-electron chi connectivity index (χ3n) is 7.08. The van der Waals surface area contributed by atoms with Crippen molar-refractivity contribution >= 4 is 18.0 Å². The Kier molecular flexibility index (Phi) is 6.88. The maximum absolute atomic E-state index is 13.2. The van der Waals surface area contributed by atoms with Crippen molar-refractivity contribution < 1.29 is 29.0 Å². The number of aliphatic carboxylic acids is 1. The van der Waals surface area contributed by atoms with Crippen molar-refractivity contribution in [1.29, 1.82) is 0 Å². The molecule has 0 radical (unpaired) electrons. The molecule has 1 aliphatic heterocycles. The van der Waals surface area contributed by atoms with Crippen LogP contribution in [0.3, 0.4) is 0 Å². The summed E-state index contributed by atoms with van der Waals surface area (Å²) in [7, 11) is 1.48. The van der Waals surface area contributed by atoms with Crippen molar-refractivity contribution in [2.75, 3.05) is 33.4 Å². The molecule has 1 saturated heterocycles. The number of ether oxygens (including phenoxy) is 2. The molecule has 2 aromatic carbocycles. The summed E-state index contributed by atoms with van der Waals surface area (Å²) in [5.74, 6) is -1.45. The minimum absolute atomic E-state index is 0.0561. The number of carboxylic acids is 1. The van der Waals surface area contributed by atoms with Gasteiger partial charge in [-0.2, -0.15) is 0 Å². The van der Waals surface area contributed by atoms with E-state index in [-0.39, 0.29) is 25.0 Å². The molecule has 2 N–H and O–H groups in total. The Balaban J connectivity index is 1.41. The Morgan fingerprint density at radius 2 is 1.65 bits per heavy atom. The van der Waals surface area contributed by atoms with Crippen LogP contribution >= 0.6 is 0 Å². The molecule has 180 valence electrons. The van der Waals surface area contributed by atoms with Crippen LogP contribution in [0.15, 0.2) is 48.5 Å². The van der Waals surface area contributed by atoms with Gasteiger partial charge in [0, 0.05) is 32.7 Å². The first-order valence-electron chi connectivity index (χ1n) is 11.5. The van der Waals surface area contributed by atoms with Crippen LogP contribution in [-0.4, -0.2) is 67.4 Å². The summed E-state index contributed by atoms with van der Waals surface area (Å²) in [6.07, 6.45) is 0.188. The Morgan fingerprint density at radius 1 is 1.09 bits per heavy atom. The fourth-order valence-electron chi connectivity index (χ4n) is 4.83. The zero-order valence-electron chi connectivity index (χ0n) is 19.5. The number of alkyl carbamates (subject to hydrolysis) is 1. The number of carbonyl (C=O) groups excluding carboxylic acids is 2. The Labute approximate surface area is 198 Å². The van der Waals surface area contributed by atoms with Crippen LogP contribution < -0.4 is 5.32 Å². The molecule has 1 fully saturated rings. The number of nitrogens with one attached hydrogen (secondary N) is 1. The number of likely N-dealkylation sites (N-methyl/N-ethyl adjacent to an activating group) is 1. The monoisotopic (exact) mass is 466 g/mol. The zero-order valence-corrected chi connectivity index (χ0v) is 19.5. The highest BCUT2D eigenvalue weighted by Crippen LogP contribution is 2.44. The van der Waals surface area contributed by atoms with Gasteiger partial charge >= 0.3 is 12.1 Å². The van der Waals surface area contributed by atoms with Gasteiger partial charge in [0.25, 0.3) is 0 Å². The summed E-state index contributed by atoms with van der Waals surface area (Å²) < 4.78 is 11.0. The van der Waals surface area contributed by atoms with Gasteiger partial charge in [-0.1, -0.05) is 48.5 Å². The Bertz CT molecular complexity index is 1030. The SMILES string of the molecule is CC(C(=O)O)N(C)C(=O)C1(CNC(=O)OCC2c3ccccc3-c3ccccc32)CCOCC1. The van der Waals surface area contributed by atoms with Crippen molar-refractivity contribution in [3.63, 3.8) is 0 Å². The van der Waals surface area contributed by atoms with Gasteiger partial charge in [-0.25, -0.2) is 9.59 Å². The summed E-state index contributed by atoms with van der Waals surface area (Å²) in [6, 6.07) is 15.2. The maximum Gasteiger partial charge on any atom is 0.407 e. The van der Waals surface area contributed by atoms with E-state index in [0.717, 1.165) is 22.3 Å². The molecule has 1 unspecified atom stereocenters. The number of rotatable bonds is 7. The predicted molar refractivity (Wildman–Crippen MR) is 125 cm³/mol. The zero-order chi connectivity index (χ0) is 24.3. The van der Waals surface area contributed by atoms with Gasteiger partial charge in [-0.3, -0.25) is 4.79 Å². The lowest BCUT2D eigenvalue weighted by atomic mass is 9.78. The van der Waals surface area contributed by atoms with Crippen LogP contribution in [0.5, 0.6) is 0 Å². The van der Waals surface area contributed by atoms with E-state index in [4.69, 9.17) is 9.47 Å².